The average molecular weight is 320 g/mol. The Morgan fingerprint density at radius 1 is 1.48 bits per heavy atom. The Labute approximate surface area is 135 Å². The number of nitrogens with zero attached hydrogens (tertiary/aromatic N) is 6. The second-order valence-electron chi connectivity index (χ2n) is 6.23. The molecule has 2 aromatic rings. The number of aryl methyl sites for hydroxylation is 1. The fraction of sp³-hybridized carbons (Fsp3) is 0.667. The predicted octanol–water partition coefficient (Wildman–Crippen LogP) is 0.142. The van der Waals surface area contributed by atoms with Crippen LogP contribution in [0.3, 0.4) is 0 Å². The van der Waals surface area contributed by atoms with E-state index in [2.05, 4.69) is 32.1 Å². The summed E-state index contributed by atoms with van der Waals surface area (Å²) in [5.41, 5.74) is 0. The van der Waals surface area contributed by atoms with E-state index in [-0.39, 0.29) is 0 Å². The van der Waals surface area contributed by atoms with E-state index < -0.39 is 6.10 Å². The molecule has 0 bridgehead atoms. The van der Waals surface area contributed by atoms with Crippen LogP contribution < -0.4 is 0 Å². The van der Waals surface area contributed by atoms with Crippen LogP contribution in [0.4, 0.5) is 0 Å². The van der Waals surface area contributed by atoms with Crippen LogP contribution in [0.25, 0.3) is 0 Å². The summed E-state index contributed by atoms with van der Waals surface area (Å²) < 4.78 is 6.78. The van der Waals surface area contributed by atoms with Gasteiger partial charge < -0.3 is 9.63 Å². The van der Waals surface area contributed by atoms with Crippen molar-refractivity contribution < 1.29 is 9.63 Å². The molecule has 2 atom stereocenters. The van der Waals surface area contributed by atoms with Gasteiger partial charge >= 0.3 is 0 Å². The lowest BCUT2D eigenvalue weighted by atomic mass is 10.2. The van der Waals surface area contributed by atoms with Gasteiger partial charge in [-0.15, -0.1) is 0 Å². The van der Waals surface area contributed by atoms with E-state index in [0.29, 0.717) is 31.6 Å². The predicted molar refractivity (Wildman–Crippen MR) is 83.6 cm³/mol. The van der Waals surface area contributed by atoms with E-state index in [1.807, 2.05) is 12.3 Å². The molecule has 0 aromatic carbocycles. The molecule has 126 valence electrons. The number of likely N-dealkylation sites (N-methyl/N-ethyl adjacent to an activating group) is 1. The SMILES string of the molecule is Cc1nc(CN(C)[C@H]2CCN(C[C@H](O)Cn3cccn3)C2)no1. The quantitative estimate of drug-likeness (QED) is 0.777. The van der Waals surface area contributed by atoms with Gasteiger partial charge in [0.25, 0.3) is 0 Å². The van der Waals surface area contributed by atoms with Crippen molar-refractivity contribution in [1.82, 2.24) is 29.7 Å². The molecule has 0 unspecified atom stereocenters. The summed E-state index contributed by atoms with van der Waals surface area (Å²) in [7, 11) is 2.08. The van der Waals surface area contributed by atoms with Gasteiger partial charge in [0.05, 0.1) is 19.2 Å². The zero-order chi connectivity index (χ0) is 16.2. The molecule has 3 rings (SSSR count). The first-order chi connectivity index (χ1) is 11.1. The fourth-order valence-corrected chi connectivity index (χ4v) is 3.08. The van der Waals surface area contributed by atoms with E-state index in [9.17, 15) is 5.11 Å². The van der Waals surface area contributed by atoms with E-state index in [1.165, 1.54) is 0 Å². The first kappa shape index (κ1) is 16.1. The molecule has 1 aliphatic heterocycles. The lowest BCUT2D eigenvalue weighted by molar-refractivity contribution is 0.101. The van der Waals surface area contributed by atoms with Gasteiger partial charge in [-0.25, -0.2) is 0 Å². The second kappa shape index (κ2) is 7.20. The van der Waals surface area contributed by atoms with Crippen molar-refractivity contribution in [2.45, 2.75) is 38.6 Å². The zero-order valence-electron chi connectivity index (χ0n) is 13.7. The van der Waals surface area contributed by atoms with Crippen LogP contribution in [0.5, 0.6) is 0 Å². The van der Waals surface area contributed by atoms with Gasteiger partial charge in [0.1, 0.15) is 0 Å². The molecule has 3 heterocycles. The number of rotatable bonds is 7. The van der Waals surface area contributed by atoms with Gasteiger partial charge in [-0.05, 0) is 26.1 Å². The second-order valence-corrected chi connectivity index (χ2v) is 6.23. The number of aliphatic hydroxyl groups excluding tert-OH is 1. The number of hydrogen-bond donors (Lipinski definition) is 1. The van der Waals surface area contributed by atoms with Crippen molar-refractivity contribution in [2.24, 2.45) is 0 Å². The third-order valence-electron chi connectivity index (χ3n) is 4.26. The van der Waals surface area contributed by atoms with Gasteiger partial charge in [-0.2, -0.15) is 10.1 Å². The standard InChI is InChI=1S/C15H24N6O2/c1-12-17-15(18-23-12)11-19(2)13-4-7-20(8-13)9-14(22)10-21-6-3-5-16-21/h3,5-6,13-14,22H,4,7-11H2,1-2H3/t13-,14-/m0/s1. The number of likely N-dealkylation sites (tertiary alicyclic amines) is 1. The largest absolute Gasteiger partial charge is 0.390 e. The van der Waals surface area contributed by atoms with Crippen molar-refractivity contribution in [3.8, 4) is 0 Å². The van der Waals surface area contributed by atoms with Gasteiger partial charge in [-0.3, -0.25) is 14.5 Å². The van der Waals surface area contributed by atoms with Crippen molar-refractivity contribution in [1.29, 1.82) is 0 Å². The number of hydrogen-bond acceptors (Lipinski definition) is 7. The normalized spacial score (nSPS) is 20.4. The van der Waals surface area contributed by atoms with Crippen LogP contribution in [0.1, 0.15) is 18.1 Å². The van der Waals surface area contributed by atoms with Gasteiger partial charge in [0, 0.05) is 38.4 Å². The number of aromatic nitrogens is 4. The maximum absolute atomic E-state index is 10.2. The highest BCUT2D eigenvalue weighted by Crippen LogP contribution is 2.16. The Morgan fingerprint density at radius 2 is 2.35 bits per heavy atom. The van der Waals surface area contributed by atoms with E-state index in [1.54, 1.807) is 17.8 Å². The lowest BCUT2D eigenvalue weighted by Crippen LogP contribution is -2.37. The van der Waals surface area contributed by atoms with Gasteiger partial charge in [0.15, 0.2) is 5.82 Å². The molecule has 23 heavy (non-hydrogen) atoms. The Hall–Kier alpha value is -1.77. The third kappa shape index (κ3) is 4.37. The monoisotopic (exact) mass is 320 g/mol. The minimum atomic E-state index is -0.404. The van der Waals surface area contributed by atoms with Crippen molar-refractivity contribution in [3.63, 3.8) is 0 Å². The van der Waals surface area contributed by atoms with E-state index >= 15 is 0 Å². The van der Waals surface area contributed by atoms with Crippen molar-refractivity contribution in [2.75, 3.05) is 26.7 Å². The van der Waals surface area contributed by atoms with Crippen LogP contribution in [0.15, 0.2) is 23.0 Å². The molecule has 0 radical (unpaired) electrons. The van der Waals surface area contributed by atoms with Gasteiger partial charge in [-0.1, -0.05) is 5.16 Å². The molecule has 8 nitrogen and oxygen atoms in total. The molecule has 0 saturated carbocycles. The maximum atomic E-state index is 10.2. The minimum absolute atomic E-state index is 0.404. The minimum Gasteiger partial charge on any atom is -0.390 e. The van der Waals surface area contributed by atoms with Gasteiger partial charge in [0.2, 0.25) is 5.89 Å². The molecule has 0 spiro atoms. The van der Waals surface area contributed by atoms with E-state index in [0.717, 1.165) is 25.3 Å². The maximum Gasteiger partial charge on any atom is 0.223 e. The Balaban J connectivity index is 1.44. The Morgan fingerprint density at radius 3 is 3.04 bits per heavy atom. The molecule has 0 aliphatic carbocycles. The molecule has 1 aliphatic rings. The van der Waals surface area contributed by atoms with Crippen LogP contribution in [0, 0.1) is 6.92 Å². The van der Waals surface area contributed by atoms with Crippen LogP contribution in [-0.2, 0) is 13.1 Å². The summed E-state index contributed by atoms with van der Waals surface area (Å²) in [6, 6.07) is 2.32. The summed E-state index contributed by atoms with van der Waals surface area (Å²) in [6.07, 6.45) is 4.28. The molecule has 1 fully saturated rings. The first-order valence-electron chi connectivity index (χ1n) is 7.97. The number of β-amino-alcohol motifs (C(OH)–C–C–N with tert-alkyl or cyclic N) is 1. The summed E-state index contributed by atoms with van der Waals surface area (Å²) in [5, 5.41) is 18.3. The zero-order valence-corrected chi connectivity index (χ0v) is 13.7. The third-order valence-corrected chi connectivity index (χ3v) is 4.26. The average Bonchev–Trinajstić information content (AvgIpc) is 3.22. The van der Waals surface area contributed by atoms with E-state index in [4.69, 9.17) is 4.52 Å². The van der Waals surface area contributed by atoms with Crippen LogP contribution >= 0.6 is 0 Å². The summed E-state index contributed by atoms with van der Waals surface area (Å²) >= 11 is 0. The molecule has 8 heteroatoms. The molecular weight excluding hydrogens is 296 g/mol. The molecule has 2 aromatic heterocycles. The molecular formula is C15H24N6O2. The van der Waals surface area contributed by atoms with Crippen molar-refractivity contribution >= 4 is 0 Å². The van der Waals surface area contributed by atoms with Crippen LogP contribution in [-0.4, -0.2) is 73.7 Å². The molecule has 1 N–H and O–H groups in total. The topological polar surface area (TPSA) is 83.5 Å². The smallest absolute Gasteiger partial charge is 0.223 e. The molecule has 0 amide bonds. The summed E-state index contributed by atoms with van der Waals surface area (Å²) in [6.45, 7) is 5.64. The highest BCUT2D eigenvalue weighted by molar-refractivity contribution is 4.88. The van der Waals surface area contributed by atoms with Crippen LogP contribution in [0.2, 0.25) is 0 Å². The van der Waals surface area contributed by atoms with Crippen molar-refractivity contribution in [3.05, 3.63) is 30.2 Å². The Kier molecular flexibility index (Phi) is 5.04. The first-order valence-corrected chi connectivity index (χ1v) is 7.97. The summed E-state index contributed by atoms with van der Waals surface area (Å²) in [5.74, 6) is 1.32. The Bertz CT molecular complexity index is 599. The fourth-order valence-electron chi connectivity index (χ4n) is 3.08. The highest BCUT2D eigenvalue weighted by atomic mass is 16.5. The number of aliphatic hydroxyl groups is 1. The highest BCUT2D eigenvalue weighted by Gasteiger charge is 2.27. The summed E-state index contributed by atoms with van der Waals surface area (Å²) in [4.78, 5) is 8.80. The lowest BCUT2D eigenvalue weighted by Gasteiger charge is -2.24. The molecule has 1 saturated heterocycles.